The molecule has 0 spiro atoms. The lowest BCUT2D eigenvalue weighted by Crippen LogP contribution is -2.22. The lowest BCUT2D eigenvalue weighted by molar-refractivity contribution is -0.141. The fourth-order valence-corrected chi connectivity index (χ4v) is 4.77. The first kappa shape index (κ1) is 19.9. The maximum absolute atomic E-state index is 12.8. The maximum atomic E-state index is 12.8. The van der Waals surface area contributed by atoms with Crippen LogP contribution in [0.25, 0.3) is 20.4 Å². The minimum atomic E-state index is -0.505. The normalized spacial score (nSPS) is 11.7. The highest BCUT2D eigenvalue weighted by Crippen LogP contribution is 2.23. The van der Waals surface area contributed by atoms with Crippen molar-refractivity contribution in [3.05, 3.63) is 57.8 Å². The summed E-state index contributed by atoms with van der Waals surface area (Å²) in [5.41, 5.74) is 1.73. The Morgan fingerprint density at radius 3 is 2.57 bits per heavy atom. The average Bonchev–Trinajstić information content (AvgIpc) is 3.34. The first-order valence-electron chi connectivity index (χ1n) is 8.73. The van der Waals surface area contributed by atoms with Gasteiger partial charge in [0, 0.05) is 0 Å². The fourth-order valence-electron chi connectivity index (χ4n) is 2.85. The number of carbonyl (C=O) groups is 3. The minimum absolute atomic E-state index is 0.125. The Morgan fingerprint density at radius 2 is 1.83 bits per heavy atom. The van der Waals surface area contributed by atoms with Crippen molar-refractivity contribution in [2.24, 2.45) is 4.99 Å². The van der Waals surface area contributed by atoms with Gasteiger partial charge in [-0.1, -0.05) is 23.5 Å². The number of amides is 1. The Hall–Kier alpha value is -3.37. The quantitative estimate of drug-likeness (QED) is 0.452. The van der Waals surface area contributed by atoms with Crippen molar-refractivity contribution in [1.82, 2.24) is 9.55 Å². The highest BCUT2D eigenvalue weighted by molar-refractivity contribution is 7.20. The molecule has 8 nitrogen and oxygen atoms in total. The summed E-state index contributed by atoms with van der Waals surface area (Å²) in [5.74, 6) is -1.47. The Kier molecular flexibility index (Phi) is 5.42. The van der Waals surface area contributed by atoms with Gasteiger partial charge in [-0.3, -0.25) is 9.59 Å². The van der Waals surface area contributed by atoms with Gasteiger partial charge < -0.3 is 14.0 Å². The van der Waals surface area contributed by atoms with E-state index in [1.54, 1.807) is 22.8 Å². The number of ether oxygens (including phenoxy) is 2. The molecular formula is C20H15N3O5S2. The van der Waals surface area contributed by atoms with Crippen LogP contribution in [0, 0.1) is 0 Å². The summed E-state index contributed by atoms with van der Waals surface area (Å²) < 4.78 is 12.7. The molecule has 2 heterocycles. The molecule has 10 heteroatoms. The molecule has 0 saturated carbocycles. The summed E-state index contributed by atoms with van der Waals surface area (Å²) in [5, 5.41) is 0.258. The summed E-state index contributed by atoms with van der Waals surface area (Å²) in [6.07, 6.45) is 0. The van der Waals surface area contributed by atoms with Crippen LogP contribution in [0.3, 0.4) is 0 Å². The van der Waals surface area contributed by atoms with Gasteiger partial charge in [-0.15, -0.1) is 11.3 Å². The van der Waals surface area contributed by atoms with E-state index in [-0.39, 0.29) is 11.6 Å². The molecule has 4 rings (SSSR count). The van der Waals surface area contributed by atoms with Crippen LogP contribution in [0.1, 0.15) is 20.2 Å². The van der Waals surface area contributed by atoms with E-state index >= 15 is 0 Å². The van der Waals surface area contributed by atoms with Crippen LogP contribution in [-0.4, -0.2) is 41.6 Å². The van der Waals surface area contributed by atoms with Crippen molar-refractivity contribution >= 4 is 61.0 Å². The summed E-state index contributed by atoms with van der Waals surface area (Å²) in [7, 11) is 2.59. The molecule has 1 amide bonds. The van der Waals surface area contributed by atoms with Crippen molar-refractivity contribution in [2.75, 3.05) is 14.2 Å². The van der Waals surface area contributed by atoms with E-state index in [1.807, 2.05) is 24.3 Å². The lowest BCUT2D eigenvalue weighted by atomic mass is 10.2. The predicted octanol–water partition coefficient (Wildman–Crippen LogP) is 3.01. The van der Waals surface area contributed by atoms with Crippen LogP contribution in [0.5, 0.6) is 0 Å². The first-order chi connectivity index (χ1) is 14.5. The fraction of sp³-hybridized carbons (Fsp3) is 0.150. The van der Waals surface area contributed by atoms with Gasteiger partial charge in [0.25, 0.3) is 0 Å². The molecule has 30 heavy (non-hydrogen) atoms. The van der Waals surface area contributed by atoms with Gasteiger partial charge in [0.05, 0.1) is 40.2 Å². The van der Waals surface area contributed by atoms with E-state index < -0.39 is 17.8 Å². The van der Waals surface area contributed by atoms with Gasteiger partial charge in [-0.25, -0.2) is 9.78 Å². The van der Waals surface area contributed by atoms with Gasteiger partial charge in [0.2, 0.25) is 0 Å². The number of carbonyl (C=O) groups excluding carboxylic acids is 3. The Balaban J connectivity index is 1.84. The van der Waals surface area contributed by atoms with Gasteiger partial charge in [0.15, 0.2) is 9.81 Å². The molecule has 0 unspecified atom stereocenters. The minimum Gasteiger partial charge on any atom is -0.468 e. The van der Waals surface area contributed by atoms with Crippen molar-refractivity contribution in [3.8, 4) is 0 Å². The van der Waals surface area contributed by atoms with Gasteiger partial charge in [-0.2, -0.15) is 4.99 Å². The monoisotopic (exact) mass is 441 g/mol. The second-order valence-corrected chi connectivity index (χ2v) is 8.16. The van der Waals surface area contributed by atoms with Crippen molar-refractivity contribution in [1.29, 1.82) is 0 Å². The van der Waals surface area contributed by atoms with E-state index in [0.717, 1.165) is 10.2 Å². The zero-order valence-electron chi connectivity index (χ0n) is 15.9. The summed E-state index contributed by atoms with van der Waals surface area (Å²) in [6.45, 7) is -0.125. The third-order valence-corrected chi connectivity index (χ3v) is 6.36. The molecule has 0 aliphatic heterocycles. The highest BCUT2D eigenvalue weighted by Gasteiger charge is 2.16. The van der Waals surface area contributed by atoms with Crippen molar-refractivity contribution < 1.29 is 23.9 Å². The predicted molar refractivity (Wildman–Crippen MR) is 113 cm³/mol. The van der Waals surface area contributed by atoms with Gasteiger partial charge in [0.1, 0.15) is 6.54 Å². The van der Waals surface area contributed by atoms with Crippen LogP contribution < -0.4 is 4.80 Å². The molecule has 152 valence electrons. The van der Waals surface area contributed by atoms with Crippen LogP contribution in [0.15, 0.2) is 47.5 Å². The number of fused-ring (bicyclic) bond motifs is 2. The average molecular weight is 441 g/mol. The van der Waals surface area contributed by atoms with E-state index in [1.165, 1.54) is 36.9 Å². The first-order valence-corrected chi connectivity index (χ1v) is 10.4. The number of hydrogen-bond acceptors (Lipinski definition) is 8. The largest absolute Gasteiger partial charge is 0.468 e. The molecule has 0 N–H and O–H groups in total. The lowest BCUT2D eigenvalue weighted by Gasteiger charge is -2.04. The third kappa shape index (κ3) is 3.74. The zero-order chi connectivity index (χ0) is 21.3. The van der Waals surface area contributed by atoms with Crippen LogP contribution in [0.2, 0.25) is 0 Å². The standard InChI is InChI=1S/C20H15N3O5S2/c1-27-16(24)10-23-13-8-7-11(19(26)28-2)9-15(13)30-20(23)22-17(25)18-21-12-5-3-4-6-14(12)29-18/h3-9H,10H2,1-2H3. The Labute approximate surface area is 178 Å². The molecule has 2 aromatic carbocycles. The number of thiazole rings is 2. The summed E-state index contributed by atoms with van der Waals surface area (Å²) >= 11 is 2.44. The smallest absolute Gasteiger partial charge is 0.337 e. The molecule has 0 fully saturated rings. The number of rotatable bonds is 4. The molecular weight excluding hydrogens is 426 g/mol. The molecule has 0 radical (unpaired) electrons. The molecule has 0 saturated heterocycles. The van der Waals surface area contributed by atoms with Crippen LogP contribution in [-0.2, 0) is 20.8 Å². The number of para-hydroxylation sites is 1. The topological polar surface area (TPSA) is 99.9 Å². The molecule has 0 aliphatic carbocycles. The third-order valence-electron chi connectivity index (χ3n) is 4.29. The highest BCUT2D eigenvalue weighted by atomic mass is 32.1. The zero-order valence-corrected chi connectivity index (χ0v) is 17.6. The molecule has 4 aromatic rings. The number of methoxy groups -OCH3 is 2. The van der Waals surface area contributed by atoms with E-state index in [2.05, 4.69) is 9.98 Å². The second-order valence-electron chi connectivity index (χ2n) is 6.12. The SMILES string of the molecule is COC(=O)Cn1c(=NC(=O)c2nc3ccccc3s2)sc2cc(C(=O)OC)ccc21. The molecule has 2 aromatic heterocycles. The number of nitrogens with zero attached hydrogens (tertiary/aromatic N) is 3. The number of hydrogen-bond donors (Lipinski definition) is 0. The maximum Gasteiger partial charge on any atom is 0.337 e. The van der Waals surface area contributed by atoms with Crippen molar-refractivity contribution in [2.45, 2.75) is 6.54 Å². The van der Waals surface area contributed by atoms with Gasteiger partial charge in [-0.05, 0) is 30.3 Å². The Morgan fingerprint density at radius 1 is 1.03 bits per heavy atom. The summed E-state index contributed by atoms with van der Waals surface area (Å²) in [4.78, 5) is 45.4. The number of benzene rings is 2. The Bertz CT molecular complexity index is 1330. The molecule has 0 aliphatic rings. The van der Waals surface area contributed by atoms with E-state index in [9.17, 15) is 14.4 Å². The van der Waals surface area contributed by atoms with E-state index in [0.29, 0.717) is 20.6 Å². The van der Waals surface area contributed by atoms with Crippen LogP contribution >= 0.6 is 22.7 Å². The van der Waals surface area contributed by atoms with Gasteiger partial charge >= 0.3 is 17.8 Å². The number of aromatic nitrogens is 2. The molecule has 0 atom stereocenters. The van der Waals surface area contributed by atoms with Crippen molar-refractivity contribution in [3.63, 3.8) is 0 Å². The van der Waals surface area contributed by atoms with E-state index in [4.69, 9.17) is 9.47 Å². The molecule has 0 bridgehead atoms. The number of esters is 2. The second kappa shape index (κ2) is 8.17. The van der Waals surface area contributed by atoms with Crippen LogP contribution in [0.4, 0.5) is 0 Å². The summed E-state index contributed by atoms with van der Waals surface area (Å²) in [6, 6.07) is 12.4.